The van der Waals surface area contributed by atoms with E-state index in [1.165, 1.54) is 19.0 Å². The summed E-state index contributed by atoms with van der Waals surface area (Å²) in [6, 6.07) is 1.72. The molecule has 1 aliphatic rings. The third kappa shape index (κ3) is 8.64. The number of carbonyl (C=O) groups excluding carboxylic acids is 1. The SMILES string of the molecule is CC.CCCCNC.O=Cc1cnccc1OC1CC1. The molecule has 1 N–H and O–H groups in total. The Morgan fingerprint density at radius 1 is 1.45 bits per heavy atom. The number of hydrogen-bond donors (Lipinski definition) is 1. The first-order valence-electron chi connectivity index (χ1n) is 7.52. The maximum absolute atomic E-state index is 10.5. The molecule has 1 aromatic rings. The average molecular weight is 280 g/mol. The van der Waals surface area contributed by atoms with Gasteiger partial charge in [0.05, 0.1) is 11.7 Å². The molecule has 0 unspecified atom stereocenters. The summed E-state index contributed by atoms with van der Waals surface area (Å²) in [5.41, 5.74) is 0.532. The van der Waals surface area contributed by atoms with Crippen LogP contribution < -0.4 is 10.1 Å². The predicted octanol–water partition coefficient (Wildman–Crippen LogP) is 3.47. The van der Waals surface area contributed by atoms with Gasteiger partial charge in [0, 0.05) is 12.4 Å². The second kappa shape index (κ2) is 12.6. The van der Waals surface area contributed by atoms with E-state index in [1.807, 2.05) is 20.9 Å². The van der Waals surface area contributed by atoms with E-state index in [1.54, 1.807) is 12.3 Å². The smallest absolute Gasteiger partial charge is 0.155 e. The average Bonchev–Trinajstić information content (AvgIpc) is 3.32. The lowest BCUT2D eigenvalue weighted by molar-refractivity contribution is 0.111. The Labute approximate surface area is 122 Å². The summed E-state index contributed by atoms with van der Waals surface area (Å²) < 4.78 is 5.48. The van der Waals surface area contributed by atoms with Crippen LogP contribution in [-0.2, 0) is 0 Å². The molecular weight excluding hydrogens is 252 g/mol. The normalized spacial score (nSPS) is 12.4. The molecule has 0 saturated heterocycles. The number of aromatic nitrogens is 1. The van der Waals surface area contributed by atoms with Gasteiger partial charge in [0.1, 0.15) is 5.75 Å². The molecule has 0 spiro atoms. The fourth-order valence-corrected chi connectivity index (χ4v) is 1.31. The molecule has 114 valence electrons. The molecule has 0 atom stereocenters. The molecule has 0 amide bonds. The maximum Gasteiger partial charge on any atom is 0.155 e. The summed E-state index contributed by atoms with van der Waals surface area (Å²) in [6.07, 6.45) is 9.03. The van der Waals surface area contributed by atoms with Crippen LogP contribution in [0.4, 0.5) is 0 Å². The van der Waals surface area contributed by atoms with Crippen LogP contribution >= 0.6 is 0 Å². The number of carbonyl (C=O) groups is 1. The minimum atomic E-state index is 0.325. The third-order valence-corrected chi connectivity index (χ3v) is 2.54. The Kier molecular flexibility index (Phi) is 11.7. The van der Waals surface area contributed by atoms with E-state index in [0.717, 1.165) is 25.7 Å². The number of rotatable bonds is 6. The van der Waals surface area contributed by atoms with Crippen molar-refractivity contribution in [3.8, 4) is 5.75 Å². The highest BCUT2D eigenvalue weighted by Crippen LogP contribution is 2.27. The van der Waals surface area contributed by atoms with E-state index in [2.05, 4.69) is 17.2 Å². The zero-order chi connectivity index (χ0) is 15.2. The first-order chi connectivity index (χ1) is 9.81. The first kappa shape index (κ1) is 18.6. The van der Waals surface area contributed by atoms with Gasteiger partial charge in [0.2, 0.25) is 0 Å². The number of ether oxygens (including phenoxy) is 1. The Morgan fingerprint density at radius 3 is 2.60 bits per heavy atom. The largest absolute Gasteiger partial charge is 0.490 e. The molecule has 1 aromatic heterocycles. The highest BCUT2D eigenvalue weighted by molar-refractivity contribution is 5.78. The van der Waals surface area contributed by atoms with Gasteiger partial charge in [-0.2, -0.15) is 0 Å². The van der Waals surface area contributed by atoms with Gasteiger partial charge in [-0.05, 0) is 38.9 Å². The molecule has 2 rings (SSSR count). The molecule has 0 aliphatic heterocycles. The minimum absolute atomic E-state index is 0.325. The summed E-state index contributed by atoms with van der Waals surface area (Å²) in [6.45, 7) is 7.36. The van der Waals surface area contributed by atoms with Gasteiger partial charge >= 0.3 is 0 Å². The second-order valence-electron chi connectivity index (χ2n) is 4.31. The van der Waals surface area contributed by atoms with E-state index in [4.69, 9.17) is 4.74 Å². The molecule has 0 radical (unpaired) electrons. The standard InChI is InChI=1S/C9H9NO2.C5H13N.C2H6/c11-6-7-5-10-4-3-9(7)12-8-1-2-8;1-3-4-5-6-2;1-2/h3-6,8H,1-2H2;6H,3-5H2,1-2H3;1-2H3. The molecular formula is C16H28N2O2. The molecule has 1 aliphatic carbocycles. The predicted molar refractivity (Wildman–Crippen MR) is 83.5 cm³/mol. The molecule has 0 bridgehead atoms. The van der Waals surface area contributed by atoms with Gasteiger partial charge in [-0.15, -0.1) is 0 Å². The first-order valence-corrected chi connectivity index (χ1v) is 7.52. The van der Waals surface area contributed by atoms with Crippen LogP contribution in [-0.4, -0.2) is 31.0 Å². The molecule has 1 heterocycles. The van der Waals surface area contributed by atoms with Crippen molar-refractivity contribution in [1.82, 2.24) is 10.3 Å². The highest BCUT2D eigenvalue weighted by atomic mass is 16.5. The van der Waals surface area contributed by atoms with Crippen LogP contribution in [0.15, 0.2) is 18.5 Å². The van der Waals surface area contributed by atoms with Crippen molar-refractivity contribution in [2.24, 2.45) is 0 Å². The quantitative estimate of drug-likeness (QED) is 0.640. The van der Waals surface area contributed by atoms with E-state index < -0.39 is 0 Å². The van der Waals surface area contributed by atoms with Gasteiger partial charge in [-0.3, -0.25) is 9.78 Å². The maximum atomic E-state index is 10.5. The minimum Gasteiger partial charge on any atom is -0.490 e. The van der Waals surface area contributed by atoms with Crippen LogP contribution in [0.3, 0.4) is 0 Å². The van der Waals surface area contributed by atoms with Gasteiger partial charge in [0.25, 0.3) is 0 Å². The molecule has 1 saturated carbocycles. The van der Waals surface area contributed by atoms with Crippen molar-refractivity contribution < 1.29 is 9.53 Å². The van der Waals surface area contributed by atoms with E-state index in [0.29, 0.717) is 17.4 Å². The number of nitrogens with zero attached hydrogens (tertiary/aromatic N) is 1. The summed E-state index contributed by atoms with van der Waals surface area (Å²) in [7, 11) is 1.98. The van der Waals surface area contributed by atoms with Crippen LogP contribution in [0.2, 0.25) is 0 Å². The lowest BCUT2D eigenvalue weighted by atomic mass is 10.3. The summed E-state index contributed by atoms with van der Waals surface area (Å²) in [5.74, 6) is 0.655. The van der Waals surface area contributed by atoms with Crippen molar-refractivity contribution in [2.45, 2.75) is 52.6 Å². The molecule has 4 heteroatoms. The molecule has 20 heavy (non-hydrogen) atoms. The third-order valence-electron chi connectivity index (χ3n) is 2.54. The topological polar surface area (TPSA) is 51.2 Å². The molecule has 0 aromatic carbocycles. The van der Waals surface area contributed by atoms with Gasteiger partial charge in [-0.25, -0.2) is 0 Å². The monoisotopic (exact) mass is 280 g/mol. The van der Waals surface area contributed by atoms with Crippen LogP contribution in [0.5, 0.6) is 5.75 Å². The lowest BCUT2D eigenvalue weighted by Crippen LogP contribution is -2.06. The lowest BCUT2D eigenvalue weighted by Gasteiger charge is -2.04. The number of unbranched alkanes of at least 4 members (excludes halogenated alkanes) is 1. The number of nitrogens with one attached hydrogen (secondary N) is 1. The fourth-order valence-electron chi connectivity index (χ4n) is 1.31. The summed E-state index contributed by atoms with van der Waals surface area (Å²) in [5, 5.41) is 3.07. The molecule has 4 nitrogen and oxygen atoms in total. The Bertz CT molecular complexity index is 348. The Morgan fingerprint density at radius 2 is 2.15 bits per heavy atom. The van der Waals surface area contributed by atoms with Crippen molar-refractivity contribution in [3.63, 3.8) is 0 Å². The summed E-state index contributed by atoms with van der Waals surface area (Å²) >= 11 is 0. The zero-order valence-corrected chi connectivity index (χ0v) is 13.2. The van der Waals surface area contributed by atoms with Crippen LogP contribution in [0.25, 0.3) is 0 Å². The number of aldehydes is 1. The van der Waals surface area contributed by atoms with Crippen molar-refractivity contribution in [1.29, 1.82) is 0 Å². The zero-order valence-electron chi connectivity index (χ0n) is 13.2. The number of hydrogen-bond acceptors (Lipinski definition) is 4. The van der Waals surface area contributed by atoms with Crippen LogP contribution in [0.1, 0.15) is 56.8 Å². The van der Waals surface area contributed by atoms with Gasteiger partial charge in [-0.1, -0.05) is 27.2 Å². The fraction of sp³-hybridized carbons (Fsp3) is 0.625. The van der Waals surface area contributed by atoms with E-state index >= 15 is 0 Å². The Balaban J connectivity index is 0.000000387. The van der Waals surface area contributed by atoms with Crippen molar-refractivity contribution in [2.75, 3.05) is 13.6 Å². The number of pyridine rings is 1. The van der Waals surface area contributed by atoms with Crippen molar-refractivity contribution >= 4 is 6.29 Å². The van der Waals surface area contributed by atoms with Gasteiger partial charge in [0.15, 0.2) is 6.29 Å². The summed E-state index contributed by atoms with van der Waals surface area (Å²) in [4.78, 5) is 14.3. The van der Waals surface area contributed by atoms with E-state index in [9.17, 15) is 4.79 Å². The van der Waals surface area contributed by atoms with Crippen LogP contribution in [0, 0.1) is 0 Å². The van der Waals surface area contributed by atoms with E-state index in [-0.39, 0.29) is 0 Å². The van der Waals surface area contributed by atoms with Gasteiger partial charge < -0.3 is 10.1 Å². The van der Waals surface area contributed by atoms with Crippen molar-refractivity contribution in [3.05, 3.63) is 24.0 Å². The molecule has 1 fully saturated rings. The highest BCUT2D eigenvalue weighted by Gasteiger charge is 2.24. The Hall–Kier alpha value is -1.42. The second-order valence-corrected chi connectivity index (χ2v) is 4.31.